The molecule has 4 heteroatoms. The van der Waals surface area contributed by atoms with Gasteiger partial charge in [-0.2, -0.15) is 5.10 Å². The van der Waals surface area contributed by atoms with Crippen LogP contribution in [0.5, 0.6) is 0 Å². The summed E-state index contributed by atoms with van der Waals surface area (Å²) in [6.45, 7) is 5.23. The smallest absolute Gasteiger partial charge is 0.123 e. The van der Waals surface area contributed by atoms with Gasteiger partial charge in [0.05, 0.1) is 18.0 Å². The predicted molar refractivity (Wildman–Crippen MR) is 71.4 cm³/mol. The van der Waals surface area contributed by atoms with E-state index in [2.05, 4.69) is 30.3 Å². The summed E-state index contributed by atoms with van der Waals surface area (Å²) in [5.41, 5.74) is 2.28. The van der Waals surface area contributed by atoms with Crippen molar-refractivity contribution in [1.29, 1.82) is 0 Å². The van der Waals surface area contributed by atoms with Gasteiger partial charge in [-0.15, -0.1) is 0 Å². The zero-order chi connectivity index (χ0) is 13.0. The molecule has 2 aromatic heterocycles. The van der Waals surface area contributed by atoms with E-state index in [1.54, 1.807) is 6.26 Å². The van der Waals surface area contributed by atoms with Crippen LogP contribution < -0.4 is 5.32 Å². The summed E-state index contributed by atoms with van der Waals surface area (Å²) < 4.78 is 7.44. The highest BCUT2D eigenvalue weighted by molar-refractivity contribution is 5.20. The van der Waals surface area contributed by atoms with Gasteiger partial charge in [-0.1, -0.05) is 6.92 Å². The van der Waals surface area contributed by atoms with Crippen molar-refractivity contribution in [2.24, 2.45) is 7.05 Å². The first-order chi connectivity index (χ1) is 8.70. The number of nitrogens with zero attached hydrogens (tertiary/aromatic N) is 2. The van der Waals surface area contributed by atoms with Crippen LogP contribution in [0.1, 0.15) is 36.4 Å². The molecule has 2 rings (SSSR count). The Balaban J connectivity index is 2.12. The second kappa shape index (κ2) is 5.87. The molecule has 0 spiro atoms. The highest BCUT2D eigenvalue weighted by Gasteiger charge is 2.18. The van der Waals surface area contributed by atoms with Crippen molar-refractivity contribution in [2.75, 3.05) is 6.54 Å². The summed E-state index contributed by atoms with van der Waals surface area (Å²) >= 11 is 0. The van der Waals surface area contributed by atoms with Crippen LogP contribution in [0.3, 0.4) is 0 Å². The standard InChI is InChI=1S/C14H21N3O/c1-4-7-15-13(14-11(2)6-9-18-14)10-12-5-8-17(3)16-12/h5-6,8-9,13,15H,4,7,10H2,1-3H3. The average Bonchev–Trinajstić information content (AvgIpc) is 2.93. The normalized spacial score (nSPS) is 12.8. The molecule has 1 atom stereocenters. The van der Waals surface area contributed by atoms with E-state index in [1.165, 1.54) is 5.56 Å². The molecule has 0 bridgehead atoms. The van der Waals surface area contributed by atoms with Gasteiger partial charge < -0.3 is 9.73 Å². The van der Waals surface area contributed by atoms with Crippen LogP contribution in [0.25, 0.3) is 0 Å². The molecular formula is C14H21N3O. The number of hydrogen-bond acceptors (Lipinski definition) is 3. The number of aromatic nitrogens is 2. The summed E-state index contributed by atoms with van der Waals surface area (Å²) in [7, 11) is 1.94. The summed E-state index contributed by atoms with van der Waals surface area (Å²) in [5.74, 6) is 1.02. The van der Waals surface area contributed by atoms with E-state index < -0.39 is 0 Å². The van der Waals surface area contributed by atoms with Gasteiger partial charge in [-0.3, -0.25) is 4.68 Å². The number of nitrogens with one attached hydrogen (secondary N) is 1. The van der Waals surface area contributed by atoms with Crippen LogP contribution in [0, 0.1) is 6.92 Å². The Morgan fingerprint density at radius 2 is 2.28 bits per heavy atom. The van der Waals surface area contributed by atoms with Crippen molar-refractivity contribution in [3.8, 4) is 0 Å². The largest absolute Gasteiger partial charge is 0.467 e. The van der Waals surface area contributed by atoms with Gasteiger partial charge in [0.1, 0.15) is 5.76 Å². The number of aryl methyl sites for hydroxylation is 2. The monoisotopic (exact) mass is 247 g/mol. The molecule has 0 aliphatic heterocycles. The molecule has 18 heavy (non-hydrogen) atoms. The Kier molecular flexibility index (Phi) is 4.20. The van der Waals surface area contributed by atoms with Crippen molar-refractivity contribution < 1.29 is 4.42 Å². The molecule has 0 saturated carbocycles. The minimum Gasteiger partial charge on any atom is -0.467 e. The van der Waals surface area contributed by atoms with Crippen molar-refractivity contribution in [3.05, 3.63) is 41.6 Å². The van der Waals surface area contributed by atoms with E-state index in [4.69, 9.17) is 4.42 Å². The molecule has 0 aliphatic rings. The molecule has 98 valence electrons. The first kappa shape index (κ1) is 12.9. The molecule has 0 radical (unpaired) electrons. The van der Waals surface area contributed by atoms with Gasteiger partial charge in [-0.05, 0) is 37.6 Å². The number of hydrogen-bond donors (Lipinski definition) is 1. The Bertz CT molecular complexity index is 487. The van der Waals surface area contributed by atoms with Crippen LogP contribution in [0.2, 0.25) is 0 Å². The van der Waals surface area contributed by atoms with Crippen molar-refractivity contribution in [1.82, 2.24) is 15.1 Å². The Morgan fingerprint density at radius 3 is 2.83 bits per heavy atom. The molecule has 4 nitrogen and oxygen atoms in total. The molecule has 1 unspecified atom stereocenters. The fourth-order valence-corrected chi connectivity index (χ4v) is 2.10. The molecule has 0 aliphatic carbocycles. The molecule has 1 N–H and O–H groups in total. The molecule has 2 aromatic rings. The molecule has 2 heterocycles. The van der Waals surface area contributed by atoms with E-state index >= 15 is 0 Å². The van der Waals surface area contributed by atoms with Crippen molar-refractivity contribution in [2.45, 2.75) is 32.7 Å². The highest BCUT2D eigenvalue weighted by Crippen LogP contribution is 2.22. The predicted octanol–water partition coefficient (Wildman–Crippen LogP) is 2.60. The van der Waals surface area contributed by atoms with Gasteiger partial charge in [0, 0.05) is 19.7 Å². The third-order valence-corrected chi connectivity index (χ3v) is 3.04. The van der Waals surface area contributed by atoms with E-state index in [-0.39, 0.29) is 6.04 Å². The van der Waals surface area contributed by atoms with Gasteiger partial charge in [0.2, 0.25) is 0 Å². The van der Waals surface area contributed by atoms with Crippen LogP contribution >= 0.6 is 0 Å². The van der Waals surface area contributed by atoms with E-state index in [1.807, 2.05) is 24.0 Å². The second-order valence-corrected chi connectivity index (χ2v) is 4.66. The Labute approximate surface area is 108 Å². The molecular weight excluding hydrogens is 226 g/mol. The highest BCUT2D eigenvalue weighted by atomic mass is 16.3. The topological polar surface area (TPSA) is 43.0 Å². The third kappa shape index (κ3) is 3.01. The lowest BCUT2D eigenvalue weighted by atomic mass is 10.1. The fraction of sp³-hybridized carbons (Fsp3) is 0.500. The van der Waals surface area contributed by atoms with Crippen LogP contribution in [-0.4, -0.2) is 16.3 Å². The summed E-state index contributed by atoms with van der Waals surface area (Å²) in [6.07, 6.45) is 5.69. The van der Waals surface area contributed by atoms with Gasteiger partial charge >= 0.3 is 0 Å². The lowest BCUT2D eigenvalue weighted by Gasteiger charge is -2.16. The maximum absolute atomic E-state index is 5.61. The Morgan fingerprint density at radius 1 is 1.44 bits per heavy atom. The average molecular weight is 247 g/mol. The van der Waals surface area contributed by atoms with E-state index in [0.29, 0.717) is 0 Å². The number of furan rings is 1. The zero-order valence-corrected chi connectivity index (χ0v) is 11.3. The maximum atomic E-state index is 5.61. The van der Waals surface area contributed by atoms with Crippen LogP contribution in [-0.2, 0) is 13.5 Å². The van der Waals surface area contributed by atoms with Gasteiger partial charge in [0.15, 0.2) is 0 Å². The van der Waals surface area contributed by atoms with Crippen LogP contribution in [0.15, 0.2) is 29.0 Å². The lowest BCUT2D eigenvalue weighted by Crippen LogP contribution is -2.24. The molecule has 0 amide bonds. The summed E-state index contributed by atoms with van der Waals surface area (Å²) in [5, 5.41) is 7.96. The first-order valence-corrected chi connectivity index (χ1v) is 6.46. The first-order valence-electron chi connectivity index (χ1n) is 6.46. The van der Waals surface area contributed by atoms with Gasteiger partial charge in [0.25, 0.3) is 0 Å². The zero-order valence-electron chi connectivity index (χ0n) is 11.3. The molecule has 0 saturated heterocycles. The van der Waals surface area contributed by atoms with Crippen molar-refractivity contribution in [3.63, 3.8) is 0 Å². The SMILES string of the molecule is CCCNC(Cc1ccn(C)n1)c1occc1C. The minimum absolute atomic E-state index is 0.204. The van der Waals surface area contributed by atoms with Crippen LogP contribution in [0.4, 0.5) is 0 Å². The van der Waals surface area contributed by atoms with E-state index in [9.17, 15) is 0 Å². The van der Waals surface area contributed by atoms with Crippen molar-refractivity contribution >= 4 is 0 Å². The lowest BCUT2D eigenvalue weighted by molar-refractivity contribution is 0.405. The number of rotatable bonds is 6. The quantitative estimate of drug-likeness (QED) is 0.853. The molecule has 0 fully saturated rings. The summed E-state index contributed by atoms with van der Waals surface area (Å²) in [4.78, 5) is 0. The maximum Gasteiger partial charge on any atom is 0.123 e. The summed E-state index contributed by atoms with van der Waals surface area (Å²) in [6, 6.07) is 4.27. The van der Waals surface area contributed by atoms with Gasteiger partial charge in [-0.25, -0.2) is 0 Å². The second-order valence-electron chi connectivity index (χ2n) is 4.66. The third-order valence-electron chi connectivity index (χ3n) is 3.04. The van der Waals surface area contributed by atoms with E-state index in [0.717, 1.165) is 30.8 Å². The molecule has 0 aromatic carbocycles. The fourth-order valence-electron chi connectivity index (χ4n) is 2.10. The minimum atomic E-state index is 0.204. The Hall–Kier alpha value is -1.55.